The fourth-order valence-electron chi connectivity index (χ4n) is 1.51. The number of halogens is 2. The Bertz CT molecular complexity index is 694. The number of hydrogen-bond donors (Lipinski definition) is 3. The van der Waals surface area contributed by atoms with Gasteiger partial charge in [-0.25, -0.2) is 19.6 Å². The molecule has 0 bridgehead atoms. The number of carbonyl (C=O) groups excluding carboxylic acids is 1. The molecule has 108 valence electrons. The molecule has 7 nitrogen and oxygen atoms in total. The molecular formula is C12H8Br2N4O3. The summed E-state index contributed by atoms with van der Waals surface area (Å²) >= 11 is 6.42. The largest absolute Gasteiger partial charge is 0.478 e. The summed E-state index contributed by atoms with van der Waals surface area (Å²) in [4.78, 5) is 30.6. The van der Waals surface area contributed by atoms with Crippen molar-refractivity contribution in [3.05, 3.63) is 45.4 Å². The van der Waals surface area contributed by atoms with Crippen LogP contribution in [0.3, 0.4) is 0 Å². The van der Waals surface area contributed by atoms with Gasteiger partial charge in [-0.15, -0.1) is 0 Å². The second-order valence-electron chi connectivity index (χ2n) is 3.82. The highest BCUT2D eigenvalue weighted by Gasteiger charge is 2.17. The average molecular weight is 416 g/mol. The lowest BCUT2D eigenvalue weighted by molar-refractivity contribution is 0.0698. The fraction of sp³-hybridized carbons (Fsp3) is 0. The lowest BCUT2D eigenvalue weighted by Crippen LogP contribution is -2.21. The number of urea groups is 1. The zero-order valence-electron chi connectivity index (χ0n) is 10.3. The number of carboxylic acid groups (broad SMARTS) is 1. The average Bonchev–Trinajstić information content (AvgIpc) is 2.42. The molecule has 0 saturated carbocycles. The van der Waals surface area contributed by atoms with Crippen molar-refractivity contribution in [3.63, 3.8) is 0 Å². The van der Waals surface area contributed by atoms with Gasteiger partial charge in [-0.05, 0) is 28.1 Å². The van der Waals surface area contributed by atoms with Crippen LogP contribution in [0.15, 0.2) is 39.8 Å². The molecule has 3 N–H and O–H groups in total. The van der Waals surface area contributed by atoms with Crippen LogP contribution in [-0.4, -0.2) is 27.1 Å². The Morgan fingerprint density at radius 3 is 2.38 bits per heavy atom. The van der Waals surface area contributed by atoms with Crippen LogP contribution < -0.4 is 10.6 Å². The smallest absolute Gasteiger partial charge is 0.337 e. The number of amides is 2. The Labute approximate surface area is 136 Å². The Kier molecular flexibility index (Phi) is 4.86. The second-order valence-corrected chi connectivity index (χ2v) is 5.59. The third kappa shape index (κ3) is 3.99. The van der Waals surface area contributed by atoms with Gasteiger partial charge < -0.3 is 15.7 Å². The number of benzene rings is 1. The number of carboxylic acids is 1. The Morgan fingerprint density at radius 1 is 1.10 bits per heavy atom. The van der Waals surface area contributed by atoms with Crippen LogP contribution >= 0.6 is 31.9 Å². The number of anilines is 2. The van der Waals surface area contributed by atoms with E-state index in [1.807, 2.05) is 0 Å². The van der Waals surface area contributed by atoms with E-state index in [1.54, 1.807) is 6.07 Å². The van der Waals surface area contributed by atoms with Gasteiger partial charge >= 0.3 is 12.0 Å². The molecule has 2 amide bonds. The zero-order valence-corrected chi connectivity index (χ0v) is 13.5. The van der Waals surface area contributed by atoms with Gasteiger partial charge in [-0.1, -0.05) is 15.9 Å². The van der Waals surface area contributed by atoms with E-state index < -0.39 is 12.0 Å². The van der Waals surface area contributed by atoms with E-state index in [1.165, 1.54) is 24.8 Å². The van der Waals surface area contributed by atoms with Crippen molar-refractivity contribution in [2.75, 3.05) is 10.6 Å². The maximum Gasteiger partial charge on any atom is 0.337 e. The van der Waals surface area contributed by atoms with Gasteiger partial charge in [-0.2, -0.15) is 0 Å². The summed E-state index contributed by atoms with van der Waals surface area (Å²) in [6.07, 6.45) is 4.17. The first-order valence-corrected chi connectivity index (χ1v) is 7.11. The maximum atomic E-state index is 11.9. The molecule has 0 aliphatic heterocycles. The van der Waals surface area contributed by atoms with Crippen molar-refractivity contribution in [1.82, 2.24) is 9.97 Å². The van der Waals surface area contributed by atoms with E-state index in [9.17, 15) is 14.7 Å². The van der Waals surface area contributed by atoms with Crippen molar-refractivity contribution in [2.45, 2.75) is 0 Å². The molecule has 0 fully saturated rings. The highest BCUT2D eigenvalue weighted by atomic mass is 79.9. The first-order chi connectivity index (χ1) is 9.97. The van der Waals surface area contributed by atoms with E-state index in [4.69, 9.17) is 0 Å². The van der Waals surface area contributed by atoms with E-state index in [2.05, 4.69) is 52.5 Å². The Morgan fingerprint density at radius 2 is 1.76 bits per heavy atom. The standard InChI is InChI=1S/C12H8Br2N4O3/c13-6-1-8(11(19)20)10(9(14)2-6)18-12(21)17-7-3-15-5-16-4-7/h1-5H,(H,19,20)(H2,17,18,21). The second kappa shape index (κ2) is 6.64. The summed E-state index contributed by atoms with van der Waals surface area (Å²) in [6.45, 7) is 0. The van der Waals surface area contributed by atoms with Crippen molar-refractivity contribution in [2.24, 2.45) is 0 Å². The van der Waals surface area contributed by atoms with Gasteiger partial charge in [0.1, 0.15) is 6.33 Å². The highest BCUT2D eigenvalue weighted by Crippen LogP contribution is 2.31. The predicted octanol–water partition coefficient (Wildman–Crippen LogP) is 3.34. The predicted molar refractivity (Wildman–Crippen MR) is 83.5 cm³/mol. The summed E-state index contributed by atoms with van der Waals surface area (Å²) in [6, 6.07) is 2.43. The fourth-order valence-corrected chi connectivity index (χ4v) is 2.83. The van der Waals surface area contributed by atoms with E-state index in [-0.39, 0.29) is 11.3 Å². The third-order valence-corrected chi connectivity index (χ3v) is 3.43. The lowest BCUT2D eigenvalue weighted by atomic mass is 10.2. The Hall–Kier alpha value is -2.00. The minimum absolute atomic E-state index is 0.0456. The summed E-state index contributed by atoms with van der Waals surface area (Å²) < 4.78 is 1.02. The van der Waals surface area contributed by atoms with Gasteiger partial charge in [-0.3, -0.25) is 0 Å². The molecule has 1 aromatic carbocycles. The minimum atomic E-state index is -1.16. The van der Waals surface area contributed by atoms with Gasteiger partial charge in [0.15, 0.2) is 0 Å². The summed E-state index contributed by atoms with van der Waals surface area (Å²) in [7, 11) is 0. The van der Waals surface area contributed by atoms with Gasteiger partial charge in [0.25, 0.3) is 0 Å². The van der Waals surface area contributed by atoms with Crippen LogP contribution in [-0.2, 0) is 0 Å². The van der Waals surface area contributed by atoms with Gasteiger partial charge in [0.2, 0.25) is 0 Å². The first kappa shape index (κ1) is 15.4. The molecule has 2 aromatic rings. The van der Waals surface area contributed by atoms with Crippen LogP contribution in [0.5, 0.6) is 0 Å². The molecule has 0 radical (unpaired) electrons. The molecule has 0 aliphatic carbocycles. The summed E-state index contributed by atoms with van der Waals surface area (Å²) in [5.74, 6) is -1.16. The zero-order chi connectivity index (χ0) is 15.4. The molecule has 0 saturated heterocycles. The Balaban J connectivity index is 2.23. The SMILES string of the molecule is O=C(Nc1cncnc1)Nc1c(Br)cc(Br)cc1C(=O)O. The monoisotopic (exact) mass is 414 g/mol. The highest BCUT2D eigenvalue weighted by molar-refractivity contribution is 9.11. The van der Waals surface area contributed by atoms with Gasteiger partial charge in [0.05, 0.1) is 29.3 Å². The molecular weight excluding hydrogens is 408 g/mol. The van der Waals surface area contributed by atoms with Crippen LogP contribution in [0.4, 0.5) is 16.2 Å². The molecule has 1 heterocycles. The van der Waals surface area contributed by atoms with Crippen molar-refractivity contribution < 1.29 is 14.7 Å². The molecule has 1 aromatic heterocycles. The number of aromatic nitrogens is 2. The van der Waals surface area contributed by atoms with E-state index >= 15 is 0 Å². The quantitative estimate of drug-likeness (QED) is 0.712. The summed E-state index contributed by atoms with van der Waals surface area (Å²) in [5, 5.41) is 14.2. The van der Waals surface area contributed by atoms with E-state index in [0.29, 0.717) is 14.6 Å². The molecule has 0 unspecified atom stereocenters. The number of hydrogen-bond acceptors (Lipinski definition) is 4. The molecule has 0 aliphatic rings. The van der Waals surface area contributed by atoms with Crippen LogP contribution in [0.1, 0.15) is 10.4 Å². The topological polar surface area (TPSA) is 104 Å². The van der Waals surface area contributed by atoms with Gasteiger partial charge in [0, 0.05) is 8.95 Å². The molecule has 0 spiro atoms. The number of aromatic carboxylic acids is 1. The molecule has 2 rings (SSSR count). The van der Waals surface area contributed by atoms with Crippen LogP contribution in [0.25, 0.3) is 0 Å². The number of nitrogens with one attached hydrogen (secondary N) is 2. The molecule has 21 heavy (non-hydrogen) atoms. The normalized spacial score (nSPS) is 10.0. The third-order valence-electron chi connectivity index (χ3n) is 2.34. The van der Waals surface area contributed by atoms with Crippen molar-refractivity contribution >= 4 is 55.2 Å². The lowest BCUT2D eigenvalue weighted by Gasteiger charge is -2.12. The molecule has 0 atom stereocenters. The number of nitrogens with zero attached hydrogens (tertiary/aromatic N) is 2. The maximum absolute atomic E-state index is 11.9. The van der Waals surface area contributed by atoms with Crippen molar-refractivity contribution in [3.8, 4) is 0 Å². The number of rotatable bonds is 3. The molecule has 9 heteroatoms. The van der Waals surface area contributed by atoms with Crippen LogP contribution in [0.2, 0.25) is 0 Å². The van der Waals surface area contributed by atoms with Crippen LogP contribution in [0, 0.1) is 0 Å². The summed E-state index contributed by atoms with van der Waals surface area (Å²) in [5.41, 5.74) is 0.496. The van der Waals surface area contributed by atoms with Crippen molar-refractivity contribution in [1.29, 1.82) is 0 Å². The van der Waals surface area contributed by atoms with E-state index in [0.717, 1.165) is 0 Å². The first-order valence-electron chi connectivity index (χ1n) is 5.52. The minimum Gasteiger partial charge on any atom is -0.478 e. The number of carbonyl (C=O) groups is 2.